The van der Waals surface area contributed by atoms with Crippen molar-refractivity contribution in [3.8, 4) is 0 Å². The van der Waals surface area contributed by atoms with Crippen molar-refractivity contribution in [1.29, 1.82) is 0 Å². The molecule has 0 aliphatic heterocycles. The highest BCUT2D eigenvalue weighted by molar-refractivity contribution is 9.13. The number of para-hydroxylation sites is 1. The van der Waals surface area contributed by atoms with Crippen LogP contribution in [0.25, 0.3) is 32.6 Å². The monoisotopic (exact) mass is 373 g/mol. The first-order valence-corrected chi connectivity index (χ1v) is 7.61. The van der Waals surface area contributed by atoms with Crippen LogP contribution in [0.2, 0.25) is 0 Å². The van der Waals surface area contributed by atoms with Crippen LogP contribution in [-0.4, -0.2) is 4.98 Å². The first-order valence-electron chi connectivity index (χ1n) is 6.03. The molecule has 4 rings (SSSR count). The van der Waals surface area contributed by atoms with E-state index >= 15 is 0 Å². The van der Waals surface area contributed by atoms with Crippen molar-refractivity contribution in [3.63, 3.8) is 0 Å². The molecule has 1 heterocycles. The Morgan fingerprint density at radius 3 is 2.47 bits per heavy atom. The van der Waals surface area contributed by atoms with Gasteiger partial charge in [-0.05, 0) is 49.4 Å². The van der Waals surface area contributed by atoms with E-state index in [1.807, 2.05) is 0 Å². The summed E-state index contributed by atoms with van der Waals surface area (Å²) in [7, 11) is 0. The predicted octanol–water partition coefficient (Wildman–Crippen LogP) is 6.00. The number of benzene rings is 3. The number of rotatable bonds is 0. The molecule has 3 heteroatoms. The molecule has 0 saturated carbocycles. The first-order chi connectivity index (χ1) is 9.25. The third kappa shape index (κ3) is 1.58. The minimum absolute atomic E-state index is 1.08. The molecule has 4 aromatic rings. The van der Waals surface area contributed by atoms with Crippen LogP contribution in [-0.2, 0) is 0 Å². The van der Waals surface area contributed by atoms with E-state index in [0.29, 0.717) is 0 Å². The zero-order valence-corrected chi connectivity index (χ0v) is 13.0. The van der Waals surface area contributed by atoms with Gasteiger partial charge in [-0.1, -0.05) is 36.4 Å². The van der Waals surface area contributed by atoms with E-state index in [4.69, 9.17) is 0 Å². The number of aromatic nitrogens is 1. The first kappa shape index (κ1) is 11.5. The van der Waals surface area contributed by atoms with Crippen LogP contribution in [0.1, 0.15) is 0 Å². The van der Waals surface area contributed by atoms with E-state index in [1.54, 1.807) is 0 Å². The van der Waals surface area contributed by atoms with Crippen molar-refractivity contribution in [2.75, 3.05) is 0 Å². The van der Waals surface area contributed by atoms with Gasteiger partial charge in [0.05, 0.1) is 5.52 Å². The lowest BCUT2D eigenvalue weighted by molar-refractivity contribution is 1.55. The van der Waals surface area contributed by atoms with Crippen molar-refractivity contribution in [3.05, 3.63) is 57.5 Å². The number of aromatic amines is 1. The van der Waals surface area contributed by atoms with Gasteiger partial charge in [-0.2, -0.15) is 0 Å². The van der Waals surface area contributed by atoms with Gasteiger partial charge in [0, 0.05) is 30.6 Å². The Bertz CT molecular complexity index is 938. The van der Waals surface area contributed by atoms with Gasteiger partial charge in [0.1, 0.15) is 0 Å². The largest absolute Gasteiger partial charge is 0.354 e. The topological polar surface area (TPSA) is 15.8 Å². The molecule has 0 unspecified atom stereocenters. The summed E-state index contributed by atoms with van der Waals surface area (Å²) in [6.07, 6.45) is 0. The molecule has 19 heavy (non-hydrogen) atoms. The molecule has 1 nitrogen and oxygen atoms in total. The Morgan fingerprint density at radius 2 is 1.58 bits per heavy atom. The van der Waals surface area contributed by atoms with Gasteiger partial charge >= 0.3 is 0 Å². The zero-order chi connectivity index (χ0) is 13.0. The van der Waals surface area contributed by atoms with E-state index < -0.39 is 0 Å². The third-order valence-corrected chi connectivity index (χ3v) is 5.57. The van der Waals surface area contributed by atoms with Crippen LogP contribution < -0.4 is 0 Å². The molecule has 3 aromatic carbocycles. The second-order valence-electron chi connectivity index (χ2n) is 4.62. The van der Waals surface area contributed by atoms with E-state index in [2.05, 4.69) is 85.4 Å². The van der Waals surface area contributed by atoms with E-state index in [0.717, 1.165) is 8.95 Å². The molecule has 0 atom stereocenters. The molecule has 0 bridgehead atoms. The standard InChI is InChI=1S/C16H9Br2N/c17-12-8-6-9-5-7-11-10-3-1-2-4-13(10)19-16(11)14(9)15(12)18/h1-8,19H. The molecule has 1 aromatic heterocycles. The summed E-state index contributed by atoms with van der Waals surface area (Å²) in [4.78, 5) is 3.54. The summed E-state index contributed by atoms with van der Waals surface area (Å²) in [6.45, 7) is 0. The summed E-state index contributed by atoms with van der Waals surface area (Å²) < 4.78 is 2.17. The van der Waals surface area contributed by atoms with Gasteiger partial charge in [0.2, 0.25) is 0 Å². The van der Waals surface area contributed by atoms with Crippen LogP contribution in [0.3, 0.4) is 0 Å². The van der Waals surface area contributed by atoms with Gasteiger partial charge in [0.25, 0.3) is 0 Å². The number of H-pyrrole nitrogens is 1. The van der Waals surface area contributed by atoms with Crippen LogP contribution in [0.5, 0.6) is 0 Å². The predicted molar refractivity (Wildman–Crippen MR) is 88.7 cm³/mol. The Balaban J connectivity index is 2.34. The maximum atomic E-state index is 3.69. The zero-order valence-electron chi connectivity index (χ0n) is 9.87. The fourth-order valence-corrected chi connectivity index (χ4v) is 3.56. The fourth-order valence-electron chi connectivity index (χ4n) is 2.67. The van der Waals surface area contributed by atoms with Crippen molar-refractivity contribution in [2.45, 2.75) is 0 Å². The van der Waals surface area contributed by atoms with Gasteiger partial charge in [-0.25, -0.2) is 0 Å². The molecule has 1 N–H and O–H groups in total. The van der Waals surface area contributed by atoms with E-state index in [-0.39, 0.29) is 0 Å². The number of hydrogen-bond donors (Lipinski definition) is 1. The van der Waals surface area contributed by atoms with Gasteiger partial charge < -0.3 is 4.98 Å². The molecular formula is C16H9Br2N. The maximum absolute atomic E-state index is 3.69. The van der Waals surface area contributed by atoms with Crippen LogP contribution in [0.4, 0.5) is 0 Å². The van der Waals surface area contributed by atoms with Crippen molar-refractivity contribution in [2.24, 2.45) is 0 Å². The minimum atomic E-state index is 1.08. The van der Waals surface area contributed by atoms with Crippen LogP contribution >= 0.6 is 31.9 Å². The molecule has 0 aliphatic rings. The molecule has 0 aliphatic carbocycles. The van der Waals surface area contributed by atoms with E-state index in [1.165, 1.54) is 32.6 Å². The number of nitrogens with one attached hydrogen (secondary N) is 1. The lowest BCUT2D eigenvalue weighted by atomic mass is 10.1. The second-order valence-corrected chi connectivity index (χ2v) is 6.27. The van der Waals surface area contributed by atoms with Gasteiger partial charge in [-0.3, -0.25) is 0 Å². The Hall–Kier alpha value is -1.32. The highest BCUT2D eigenvalue weighted by Crippen LogP contribution is 2.38. The highest BCUT2D eigenvalue weighted by Gasteiger charge is 2.11. The summed E-state index contributed by atoms with van der Waals surface area (Å²) in [5, 5.41) is 4.99. The summed E-state index contributed by atoms with van der Waals surface area (Å²) in [6, 6.07) is 17.0. The molecule has 0 spiro atoms. The number of fused-ring (bicyclic) bond motifs is 5. The molecule has 0 amide bonds. The average Bonchev–Trinajstić information content (AvgIpc) is 2.81. The number of hydrogen-bond acceptors (Lipinski definition) is 0. The van der Waals surface area contributed by atoms with Crippen molar-refractivity contribution < 1.29 is 0 Å². The van der Waals surface area contributed by atoms with Crippen molar-refractivity contribution >= 4 is 64.4 Å². The Kier molecular flexibility index (Phi) is 2.47. The Labute approximate surface area is 126 Å². The SMILES string of the molecule is Brc1ccc2ccc3c4ccccc4[nH]c3c2c1Br. The smallest absolute Gasteiger partial charge is 0.0556 e. The fraction of sp³-hybridized carbons (Fsp3) is 0. The molecule has 0 saturated heterocycles. The number of halogens is 2. The average molecular weight is 375 g/mol. The molecular weight excluding hydrogens is 366 g/mol. The minimum Gasteiger partial charge on any atom is -0.354 e. The maximum Gasteiger partial charge on any atom is 0.0556 e. The molecule has 0 radical (unpaired) electrons. The van der Waals surface area contributed by atoms with Gasteiger partial charge in [0.15, 0.2) is 0 Å². The lowest BCUT2D eigenvalue weighted by Crippen LogP contribution is -1.79. The van der Waals surface area contributed by atoms with Gasteiger partial charge in [-0.15, -0.1) is 0 Å². The third-order valence-electron chi connectivity index (χ3n) is 3.55. The molecule has 0 fully saturated rings. The lowest BCUT2D eigenvalue weighted by Gasteiger charge is -2.04. The quantitative estimate of drug-likeness (QED) is 0.388. The normalized spacial score (nSPS) is 11.7. The summed E-state index contributed by atoms with van der Waals surface area (Å²) in [5.74, 6) is 0. The summed E-state index contributed by atoms with van der Waals surface area (Å²) in [5.41, 5.74) is 2.36. The Morgan fingerprint density at radius 1 is 0.789 bits per heavy atom. The van der Waals surface area contributed by atoms with Crippen LogP contribution in [0.15, 0.2) is 57.5 Å². The highest BCUT2D eigenvalue weighted by atomic mass is 79.9. The van der Waals surface area contributed by atoms with Crippen LogP contribution in [0, 0.1) is 0 Å². The van der Waals surface area contributed by atoms with Crippen molar-refractivity contribution in [1.82, 2.24) is 4.98 Å². The molecule has 92 valence electrons. The summed E-state index contributed by atoms with van der Waals surface area (Å²) >= 11 is 7.28. The van der Waals surface area contributed by atoms with E-state index in [9.17, 15) is 0 Å². The second kappa shape index (κ2) is 4.09.